The Labute approximate surface area is 282 Å². The van der Waals surface area contributed by atoms with Crippen LogP contribution in [0.3, 0.4) is 0 Å². The molecule has 2 aromatic rings. The normalized spacial score (nSPS) is 35.8. The van der Waals surface area contributed by atoms with E-state index in [1.165, 1.54) is 71.9 Å². The molecule has 46 heavy (non-hydrogen) atoms. The Balaban J connectivity index is 1.44. The van der Waals surface area contributed by atoms with Gasteiger partial charge in [-0.15, -0.1) is 0 Å². The van der Waals surface area contributed by atoms with Gasteiger partial charge < -0.3 is 0 Å². The van der Waals surface area contributed by atoms with Crippen LogP contribution < -0.4 is 0 Å². The van der Waals surface area contributed by atoms with Crippen LogP contribution in [0.1, 0.15) is 167 Å². The van der Waals surface area contributed by atoms with Crippen LogP contribution in [0, 0.1) is 47.3 Å². The predicted molar refractivity (Wildman–Crippen MR) is 194 cm³/mol. The summed E-state index contributed by atoms with van der Waals surface area (Å²) in [6.07, 6.45) is 8.47. The third-order valence-electron chi connectivity index (χ3n) is 14.1. The highest BCUT2D eigenvalue weighted by atomic mass is 16.1. The Morgan fingerprint density at radius 3 is 1.02 bits per heavy atom. The highest BCUT2D eigenvalue weighted by Gasteiger charge is 2.67. The molecule has 0 aromatic heterocycles. The molecule has 5 aliphatic carbocycles. The fourth-order valence-electron chi connectivity index (χ4n) is 11.7. The van der Waals surface area contributed by atoms with Gasteiger partial charge >= 0.3 is 0 Å². The van der Waals surface area contributed by atoms with E-state index in [0.717, 1.165) is 23.7 Å². The van der Waals surface area contributed by atoms with E-state index in [-0.39, 0.29) is 33.5 Å². The molecular weight excluding hydrogens is 556 g/mol. The smallest absolute Gasteiger partial charge is 0.148 e. The molecule has 8 unspecified atom stereocenters. The van der Waals surface area contributed by atoms with E-state index in [9.17, 15) is 0 Å². The zero-order chi connectivity index (χ0) is 33.3. The summed E-state index contributed by atoms with van der Waals surface area (Å²) in [6.45, 7) is 28.1. The summed E-state index contributed by atoms with van der Waals surface area (Å²) in [6, 6.07) is 14.8. The monoisotopic (exact) mass is 620 g/mol. The predicted octanol–water partition coefficient (Wildman–Crippen LogP) is 11.7. The van der Waals surface area contributed by atoms with Gasteiger partial charge in [-0.25, -0.2) is 0 Å². The Morgan fingerprint density at radius 2 is 0.717 bits per heavy atom. The van der Waals surface area contributed by atoms with Crippen LogP contribution in [-0.2, 0) is 26.5 Å². The first kappa shape index (κ1) is 32.6. The van der Waals surface area contributed by atoms with Gasteiger partial charge in [0.05, 0.1) is 0 Å². The Morgan fingerprint density at radius 1 is 0.413 bits per heavy atom. The zero-order valence-corrected chi connectivity index (χ0v) is 31.4. The van der Waals surface area contributed by atoms with Gasteiger partial charge in [0, 0.05) is 11.8 Å². The van der Waals surface area contributed by atoms with E-state index in [1.807, 2.05) is 0 Å². The molecule has 0 radical (unpaired) electrons. The van der Waals surface area contributed by atoms with Crippen molar-refractivity contribution in [2.45, 2.75) is 155 Å². The molecule has 0 N–H and O–H groups in total. The fourth-order valence-corrected chi connectivity index (χ4v) is 11.7. The lowest BCUT2D eigenvalue weighted by molar-refractivity contribution is -0.121. The summed E-state index contributed by atoms with van der Waals surface area (Å²) < 4.78 is 0. The second-order valence-electron chi connectivity index (χ2n) is 20.9. The summed E-state index contributed by atoms with van der Waals surface area (Å²) in [5.74, 6) is 6.62. The third kappa shape index (κ3) is 5.19. The van der Waals surface area contributed by atoms with Crippen LogP contribution in [-0.4, -0.2) is 5.78 Å². The fraction of sp³-hybridized carbons (Fsp3) is 0.711. The molecule has 0 heterocycles. The van der Waals surface area contributed by atoms with Crippen molar-refractivity contribution < 1.29 is 4.79 Å². The van der Waals surface area contributed by atoms with Crippen LogP contribution in [0.25, 0.3) is 0 Å². The number of ketones is 1. The van der Waals surface area contributed by atoms with Crippen molar-refractivity contribution >= 4 is 5.78 Å². The van der Waals surface area contributed by atoms with Crippen LogP contribution in [0.15, 0.2) is 36.4 Å². The van der Waals surface area contributed by atoms with E-state index < -0.39 is 0 Å². The van der Waals surface area contributed by atoms with Gasteiger partial charge in [-0.3, -0.25) is 4.79 Å². The first-order valence-corrected chi connectivity index (χ1v) is 19.1. The molecule has 5 fully saturated rings. The summed E-state index contributed by atoms with van der Waals surface area (Å²) in [4.78, 5) is 15.5. The minimum absolute atomic E-state index is 0.0155. The van der Waals surface area contributed by atoms with Crippen molar-refractivity contribution in [2.75, 3.05) is 0 Å². The average Bonchev–Trinajstić information content (AvgIpc) is 3.59. The van der Waals surface area contributed by atoms with Crippen molar-refractivity contribution in [3.05, 3.63) is 69.8 Å². The lowest BCUT2D eigenvalue weighted by Gasteiger charge is -2.47. The Bertz CT molecular complexity index is 1340. The van der Waals surface area contributed by atoms with Gasteiger partial charge in [-0.05, 0) is 141 Å². The molecule has 0 spiro atoms. The van der Waals surface area contributed by atoms with Crippen molar-refractivity contribution in [2.24, 2.45) is 47.3 Å². The molecule has 0 amide bonds. The number of carbonyl (C=O) groups is 1. The minimum atomic E-state index is 0.0155. The zero-order valence-electron chi connectivity index (χ0n) is 31.4. The van der Waals surface area contributed by atoms with Crippen LogP contribution in [0.5, 0.6) is 0 Å². The Hall–Kier alpha value is -1.89. The number of hydrogen-bond donors (Lipinski definition) is 0. The molecule has 250 valence electrons. The third-order valence-corrected chi connectivity index (χ3v) is 14.1. The second-order valence-corrected chi connectivity index (χ2v) is 20.9. The quantitative estimate of drug-likeness (QED) is 0.326. The van der Waals surface area contributed by atoms with Gasteiger partial charge in [0.2, 0.25) is 0 Å². The van der Waals surface area contributed by atoms with E-state index in [2.05, 4.69) is 119 Å². The van der Waals surface area contributed by atoms with Gasteiger partial charge in [-0.1, -0.05) is 119 Å². The average molecular weight is 621 g/mol. The van der Waals surface area contributed by atoms with E-state index in [1.54, 1.807) is 0 Å². The summed E-state index contributed by atoms with van der Waals surface area (Å²) in [7, 11) is 0. The molecular formula is C45H64O. The molecule has 1 heteroatoms. The lowest BCUT2D eigenvalue weighted by atomic mass is 9.57. The van der Waals surface area contributed by atoms with Gasteiger partial charge in [-0.2, -0.15) is 0 Å². The number of hydrogen-bond acceptors (Lipinski definition) is 1. The molecule has 8 atom stereocenters. The Kier molecular flexibility index (Phi) is 7.49. The number of fused-ring (bicyclic) bond motifs is 3. The molecule has 7 rings (SSSR count). The number of benzene rings is 2. The maximum atomic E-state index is 15.5. The summed E-state index contributed by atoms with van der Waals surface area (Å²) in [5.41, 5.74) is 8.40. The molecule has 0 aliphatic heterocycles. The summed E-state index contributed by atoms with van der Waals surface area (Å²) >= 11 is 0. The molecule has 5 saturated carbocycles. The van der Waals surface area contributed by atoms with Gasteiger partial charge in [0.25, 0.3) is 0 Å². The molecule has 2 aromatic carbocycles. The second kappa shape index (κ2) is 10.6. The lowest BCUT2D eigenvalue weighted by Crippen LogP contribution is -2.41. The topological polar surface area (TPSA) is 17.1 Å². The molecule has 0 saturated heterocycles. The standard InChI is InChI=1S/C45H64O/c1-42(2,3)29-19-27(20-30(23-29)43(4,5)6)36-39-33-17-15-25-13-14-26-16-18-34(38(33)35(25)26)40(39)37(41(36)46)28-21-31(44(7,8)9)24-32(22-28)45(10,11)12/h19-26,33-40H,13-18H2,1-12H3. The van der Waals surface area contributed by atoms with Crippen molar-refractivity contribution in [1.82, 2.24) is 0 Å². The highest BCUT2D eigenvalue weighted by molar-refractivity contribution is 5.95. The highest BCUT2D eigenvalue weighted by Crippen LogP contribution is 2.72. The number of rotatable bonds is 2. The molecule has 5 aliphatic rings. The van der Waals surface area contributed by atoms with Gasteiger partial charge in [0.15, 0.2) is 0 Å². The summed E-state index contributed by atoms with van der Waals surface area (Å²) in [5, 5.41) is 0. The first-order chi connectivity index (χ1) is 21.2. The minimum Gasteiger partial charge on any atom is -0.298 e. The van der Waals surface area contributed by atoms with E-state index in [0.29, 0.717) is 29.5 Å². The van der Waals surface area contributed by atoms with Crippen LogP contribution >= 0.6 is 0 Å². The molecule has 0 bridgehead atoms. The number of Topliss-reactive ketones (excluding diaryl/α,β-unsaturated/α-hetero) is 1. The number of carbonyl (C=O) groups excluding carboxylic acids is 1. The van der Waals surface area contributed by atoms with Crippen molar-refractivity contribution in [3.8, 4) is 0 Å². The maximum absolute atomic E-state index is 15.5. The maximum Gasteiger partial charge on any atom is 0.148 e. The van der Waals surface area contributed by atoms with Crippen LogP contribution in [0.2, 0.25) is 0 Å². The van der Waals surface area contributed by atoms with Crippen molar-refractivity contribution in [3.63, 3.8) is 0 Å². The first-order valence-electron chi connectivity index (χ1n) is 19.1. The molecule has 1 nitrogen and oxygen atoms in total. The SMILES string of the molecule is CC(C)(C)c1cc(C2C(=O)C(c3cc(C(C)(C)C)cc(C(C)(C)C)c3)C3C4CCC5CCC6CCC(C23)C4C65)cc(C(C)(C)C)c1. The van der Waals surface area contributed by atoms with E-state index in [4.69, 9.17) is 0 Å². The van der Waals surface area contributed by atoms with Crippen molar-refractivity contribution in [1.29, 1.82) is 0 Å². The van der Waals surface area contributed by atoms with Crippen LogP contribution in [0.4, 0.5) is 0 Å². The van der Waals surface area contributed by atoms with Gasteiger partial charge in [0.1, 0.15) is 5.78 Å². The van der Waals surface area contributed by atoms with E-state index >= 15 is 4.79 Å². The largest absolute Gasteiger partial charge is 0.298 e.